The predicted octanol–water partition coefficient (Wildman–Crippen LogP) is 19.6. The van der Waals surface area contributed by atoms with Crippen LogP contribution < -0.4 is 0 Å². The second-order valence-corrected chi connectivity index (χ2v) is 21.3. The molecule has 422 valence electrons. The van der Waals surface area contributed by atoms with Crippen LogP contribution in [0.3, 0.4) is 0 Å². The van der Waals surface area contributed by atoms with E-state index in [-0.39, 0.29) is 24.7 Å². The van der Waals surface area contributed by atoms with Crippen molar-refractivity contribution < 1.29 is 28.5 Å². The number of ether oxygens (including phenoxy) is 5. The molecule has 1 aliphatic heterocycles. The Morgan fingerprint density at radius 2 is 0.681 bits per heavy atom. The van der Waals surface area contributed by atoms with Gasteiger partial charge < -0.3 is 28.6 Å². The summed E-state index contributed by atoms with van der Waals surface area (Å²) in [5, 5.41) is 0. The fourth-order valence-corrected chi connectivity index (χ4v) is 9.67. The van der Waals surface area contributed by atoms with E-state index < -0.39 is 0 Å². The van der Waals surface area contributed by atoms with Crippen molar-refractivity contribution in [1.82, 2.24) is 4.90 Å². The quantitative estimate of drug-likeness (QED) is 0.0260. The van der Waals surface area contributed by atoms with E-state index in [0.717, 1.165) is 90.0 Å². The number of hydrogen-bond donors (Lipinski definition) is 0. The molecule has 0 spiro atoms. The number of carbonyl (C=O) groups is 1. The number of rotatable bonds is 57. The molecular weight excluding hydrogens is 891 g/mol. The molecular formula is C65H121NO6. The first-order chi connectivity index (χ1) is 35.6. The summed E-state index contributed by atoms with van der Waals surface area (Å²) in [6, 6.07) is 0. The molecule has 0 unspecified atom stereocenters. The first-order valence-corrected chi connectivity index (χ1v) is 31.6. The maximum Gasteiger partial charge on any atom is 0.306 e. The maximum atomic E-state index is 13.0. The molecule has 1 saturated heterocycles. The minimum absolute atomic E-state index is 0.0189. The van der Waals surface area contributed by atoms with E-state index in [1.807, 2.05) is 0 Å². The number of esters is 1. The molecule has 7 heteroatoms. The highest BCUT2D eigenvalue weighted by Gasteiger charge is 2.17. The van der Waals surface area contributed by atoms with Crippen LogP contribution in [0.5, 0.6) is 0 Å². The lowest BCUT2D eigenvalue weighted by molar-refractivity contribution is -0.150. The Balaban J connectivity index is 2.44. The molecule has 7 nitrogen and oxygen atoms in total. The van der Waals surface area contributed by atoms with Crippen molar-refractivity contribution in [3.8, 4) is 0 Å². The number of unbranched alkanes of at least 4 members (excludes halogenated alkanes) is 28. The maximum absolute atomic E-state index is 13.0. The van der Waals surface area contributed by atoms with Gasteiger partial charge in [-0.15, -0.1) is 0 Å². The first-order valence-electron chi connectivity index (χ1n) is 31.6. The van der Waals surface area contributed by atoms with Gasteiger partial charge in [0.1, 0.15) is 6.10 Å². The molecule has 0 N–H and O–H groups in total. The molecule has 0 radical (unpaired) electrons. The zero-order chi connectivity index (χ0) is 51.7. The molecule has 0 aliphatic carbocycles. The first kappa shape index (κ1) is 68.2. The predicted molar refractivity (Wildman–Crippen MR) is 311 cm³/mol. The van der Waals surface area contributed by atoms with E-state index in [0.29, 0.717) is 32.8 Å². The molecule has 0 atom stereocenters. The van der Waals surface area contributed by atoms with E-state index in [4.69, 9.17) is 23.7 Å². The van der Waals surface area contributed by atoms with Crippen molar-refractivity contribution in [2.24, 2.45) is 0 Å². The van der Waals surface area contributed by atoms with Gasteiger partial charge in [0.25, 0.3) is 0 Å². The molecule has 1 rings (SSSR count). The van der Waals surface area contributed by atoms with Gasteiger partial charge in [0, 0.05) is 6.42 Å². The van der Waals surface area contributed by atoms with Gasteiger partial charge in [-0.1, -0.05) is 218 Å². The summed E-state index contributed by atoms with van der Waals surface area (Å²) in [5.41, 5.74) is 0. The van der Waals surface area contributed by atoms with Crippen LogP contribution in [0, 0.1) is 0 Å². The van der Waals surface area contributed by atoms with E-state index >= 15 is 0 Å². The molecule has 0 aromatic rings. The molecule has 0 aromatic carbocycles. The second-order valence-electron chi connectivity index (χ2n) is 21.3. The van der Waals surface area contributed by atoms with Crippen LogP contribution in [0.1, 0.15) is 297 Å². The molecule has 1 heterocycles. The van der Waals surface area contributed by atoms with E-state index in [9.17, 15) is 4.79 Å². The third kappa shape index (κ3) is 49.1. The van der Waals surface area contributed by atoms with Gasteiger partial charge in [0.15, 0.2) is 12.6 Å². The van der Waals surface area contributed by atoms with Gasteiger partial charge in [0.2, 0.25) is 0 Å². The minimum Gasteiger partial charge on any atom is -0.462 e. The normalized spacial score (nSPS) is 14.8. The van der Waals surface area contributed by atoms with E-state index in [1.165, 1.54) is 193 Å². The smallest absolute Gasteiger partial charge is 0.306 e. The number of nitrogens with zero attached hydrogens (tertiary/aromatic N) is 1. The highest BCUT2D eigenvalue weighted by atomic mass is 16.7. The van der Waals surface area contributed by atoms with Crippen LogP contribution in [-0.4, -0.2) is 75.6 Å². The van der Waals surface area contributed by atoms with Crippen molar-refractivity contribution in [2.75, 3.05) is 46.1 Å². The Bertz CT molecular complexity index is 1090. The highest BCUT2D eigenvalue weighted by Crippen LogP contribution is 2.20. The van der Waals surface area contributed by atoms with Gasteiger partial charge in [-0.3, -0.25) is 4.79 Å². The van der Waals surface area contributed by atoms with Crippen LogP contribution >= 0.6 is 0 Å². The summed E-state index contributed by atoms with van der Waals surface area (Å²) in [6.45, 7) is 15.0. The SMILES string of the molecule is CCCCCCC=CCOC(CCCCCCCCCC(CCCCCCCCCC(OCC=CCCCCCC)OCC=CCCCCCC)OC(=O)CCCN1CCCC1)OCC=CCCCCCC. The summed E-state index contributed by atoms with van der Waals surface area (Å²) >= 11 is 0. The van der Waals surface area contributed by atoms with Crippen LogP contribution in [0.15, 0.2) is 48.6 Å². The summed E-state index contributed by atoms with van der Waals surface area (Å²) in [5.74, 6) is 0.0189. The van der Waals surface area contributed by atoms with Gasteiger partial charge in [-0.05, 0) is 142 Å². The number of likely N-dealkylation sites (tertiary alicyclic amines) is 1. The number of allylic oxidation sites excluding steroid dienone is 4. The van der Waals surface area contributed by atoms with Crippen LogP contribution in [-0.2, 0) is 28.5 Å². The van der Waals surface area contributed by atoms with Crippen molar-refractivity contribution in [1.29, 1.82) is 0 Å². The summed E-state index contributed by atoms with van der Waals surface area (Å²) in [6.07, 6.45) is 68.1. The number of carbonyl (C=O) groups excluding carboxylic acids is 1. The molecule has 0 saturated carbocycles. The van der Waals surface area contributed by atoms with E-state index in [2.05, 4.69) is 81.2 Å². The van der Waals surface area contributed by atoms with Crippen LogP contribution in [0.2, 0.25) is 0 Å². The zero-order valence-electron chi connectivity index (χ0n) is 48.4. The fraction of sp³-hybridized carbons (Fsp3) is 0.862. The standard InChI is InChI=1S/C65H121NO6/c1-5-9-13-17-27-35-45-58-68-64(69-59-46-36-28-18-14-10-6-2)53-41-33-25-21-23-31-39-50-62(72-63(67)52-49-57-66-55-43-44-56-66)51-40-32-24-22-26-34-42-54-65(70-60-47-37-29-19-15-11-7-3)71-61-48-38-30-20-16-12-8-4/h35-38,45-48,62,64-65H,5-34,39-44,49-61H2,1-4H3. The topological polar surface area (TPSA) is 66.5 Å². The van der Waals surface area contributed by atoms with Crippen molar-refractivity contribution in [2.45, 2.75) is 316 Å². The van der Waals surface area contributed by atoms with Crippen LogP contribution in [0.25, 0.3) is 0 Å². The largest absolute Gasteiger partial charge is 0.462 e. The summed E-state index contributed by atoms with van der Waals surface area (Å²) in [7, 11) is 0. The minimum atomic E-state index is -0.131. The van der Waals surface area contributed by atoms with Gasteiger partial charge in [-0.2, -0.15) is 0 Å². The molecule has 0 aromatic heterocycles. The number of hydrogen-bond acceptors (Lipinski definition) is 7. The average molecular weight is 1010 g/mol. The molecule has 0 amide bonds. The van der Waals surface area contributed by atoms with Crippen molar-refractivity contribution in [3.05, 3.63) is 48.6 Å². The molecule has 0 bridgehead atoms. The summed E-state index contributed by atoms with van der Waals surface area (Å²) in [4.78, 5) is 15.5. The van der Waals surface area contributed by atoms with Crippen molar-refractivity contribution >= 4 is 5.97 Å². The van der Waals surface area contributed by atoms with E-state index in [1.54, 1.807) is 0 Å². The summed E-state index contributed by atoms with van der Waals surface area (Å²) < 4.78 is 31.0. The van der Waals surface area contributed by atoms with Gasteiger partial charge in [0.05, 0.1) is 26.4 Å². The average Bonchev–Trinajstić information content (AvgIpc) is 3.91. The third-order valence-electron chi connectivity index (χ3n) is 14.4. The lowest BCUT2D eigenvalue weighted by Gasteiger charge is -2.19. The van der Waals surface area contributed by atoms with Gasteiger partial charge in [-0.25, -0.2) is 0 Å². The Morgan fingerprint density at radius 3 is 1.01 bits per heavy atom. The molecule has 1 fully saturated rings. The van der Waals surface area contributed by atoms with Crippen LogP contribution in [0.4, 0.5) is 0 Å². The Morgan fingerprint density at radius 1 is 0.375 bits per heavy atom. The monoisotopic (exact) mass is 1010 g/mol. The lowest BCUT2D eigenvalue weighted by atomic mass is 10.0. The highest BCUT2D eigenvalue weighted by molar-refractivity contribution is 5.69. The third-order valence-corrected chi connectivity index (χ3v) is 14.4. The second kappa shape index (κ2) is 56.9. The zero-order valence-corrected chi connectivity index (χ0v) is 48.4. The lowest BCUT2D eigenvalue weighted by Crippen LogP contribution is -2.23. The Labute approximate surface area is 448 Å². The van der Waals surface area contributed by atoms with Gasteiger partial charge >= 0.3 is 5.97 Å². The molecule has 1 aliphatic rings. The Hall–Kier alpha value is -1.77. The Kier molecular flexibility index (Phi) is 54.0. The van der Waals surface area contributed by atoms with Crippen molar-refractivity contribution in [3.63, 3.8) is 0 Å². The fourth-order valence-electron chi connectivity index (χ4n) is 9.67. The molecule has 72 heavy (non-hydrogen) atoms.